The average molecular weight is 641 g/mol. The van der Waals surface area contributed by atoms with Crippen molar-refractivity contribution in [2.45, 2.75) is 35.5 Å². The number of amides is 2. The molecule has 2 N–H and O–H groups in total. The second-order valence-corrected chi connectivity index (χ2v) is 14.3. The van der Waals surface area contributed by atoms with Crippen molar-refractivity contribution in [1.29, 1.82) is 0 Å². The van der Waals surface area contributed by atoms with Crippen LogP contribution >= 0.6 is 0 Å². The lowest BCUT2D eigenvalue weighted by molar-refractivity contribution is -0.125. The Morgan fingerprint density at radius 2 is 0.864 bits per heavy atom. The molecule has 12 heteroatoms. The van der Waals surface area contributed by atoms with Crippen LogP contribution in [0.3, 0.4) is 0 Å². The molecule has 0 saturated heterocycles. The van der Waals surface area contributed by atoms with Crippen molar-refractivity contribution in [3.8, 4) is 0 Å². The predicted octanol–water partition coefficient (Wildman–Crippen LogP) is 4.80. The Kier molecular flexibility index (Phi) is 12.4. The molecule has 10 nitrogen and oxygen atoms in total. The van der Waals surface area contributed by atoms with Gasteiger partial charge >= 0.3 is 0 Å². The summed E-state index contributed by atoms with van der Waals surface area (Å²) in [4.78, 5) is 26.0. The van der Waals surface area contributed by atoms with Gasteiger partial charge in [0.15, 0.2) is 0 Å². The van der Waals surface area contributed by atoms with E-state index in [0.29, 0.717) is 37.1 Å². The monoisotopic (exact) mass is 640 g/mol. The van der Waals surface area contributed by atoms with Crippen LogP contribution in [0.4, 0.5) is 11.4 Å². The summed E-state index contributed by atoms with van der Waals surface area (Å²) in [5, 5.41) is 5.70. The van der Waals surface area contributed by atoms with Gasteiger partial charge in [-0.05, 0) is 74.2 Å². The Labute approximate surface area is 260 Å². The fraction of sp³-hybridized carbons (Fsp3) is 0.312. The highest BCUT2D eigenvalue weighted by Crippen LogP contribution is 2.31. The molecule has 1 aliphatic rings. The largest absolute Gasteiger partial charge is 0.326 e. The lowest BCUT2D eigenvalue weighted by atomic mass is 9.81. The number of carbonyl (C=O) groups is 2. The van der Waals surface area contributed by atoms with Crippen LogP contribution in [0, 0.1) is 11.8 Å². The Bertz CT molecular complexity index is 1420. The maximum absolute atomic E-state index is 12.9. The van der Waals surface area contributed by atoms with Crippen molar-refractivity contribution in [3.05, 3.63) is 99.2 Å². The third-order valence-corrected chi connectivity index (χ3v) is 11.0. The van der Waals surface area contributed by atoms with E-state index in [1.54, 1.807) is 24.3 Å². The van der Waals surface area contributed by atoms with Gasteiger partial charge in [0.05, 0.1) is 9.79 Å². The fourth-order valence-electron chi connectivity index (χ4n) is 4.94. The molecule has 1 fully saturated rings. The molecule has 0 aliphatic heterocycles. The van der Waals surface area contributed by atoms with Gasteiger partial charge < -0.3 is 10.6 Å². The van der Waals surface area contributed by atoms with Crippen molar-refractivity contribution < 1.29 is 26.4 Å². The number of rotatable bonds is 16. The second kappa shape index (κ2) is 15.8. The minimum absolute atomic E-state index is 0.101. The van der Waals surface area contributed by atoms with Crippen LogP contribution in [0.5, 0.6) is 0 Å². The van der Waals surface area contributed by atoms with Crippen LogP contribution in [-0.4, -0.2) is 63.4 Å². The quantitative estimate of drug-likeness (QED) is 0.254. The topological polar surface area (TPSA) is 133 Å². The van der Waals surface area contributed by atoms with Gasteiger partial charge in [0, 0.05) is 49.4 Å². The van der Waals surface area contributed by atoms with E-state index < -0.39 is 20.0 Å². The van der Waals surface area contributed by atoms with E-state index in [1.807, 2.05) is 0 Å². The van der Waals surface area contributed by atoms with E-state index in [1.165, 1.54) is 57.2 Å². The first kappa shape index (κ1) is 34.6. The van der Waals surface area contributed by atoms with Crippen molar-refractivity contribution in [3.63, 3.8) is 0 Å². The van der Waals surface area contributed by atoms with Gasteiger partial charge in [-0.3, -0.25) is 9.59 Å². The SMILES string of the molecule is C=CCN(CC=C)S(=O)(=O)c1ccc(NC(=O)C2CCC(C(=O)Nc3ccc(S(=O)(=O)N(CC=C)CC=C)cc3)CC2)cc1. The molecule has 0 spiro atoms. The zero-order valence-electron chi connectivity index (χ0n) is 24.7. The number of hydrogen-bond donors (Lipinski definition) is 2. The van der Waals surface area contributed by atoms with Crippen LogP contribution in [0.2, 0.25) is 0 Å². The summed E-state index contributed by atoms with van der Waals surface area (Å²) >= 11 is 0. The van der Waals surface area contributed by atoms with Crippen molar-refractivity contribution >= 4 is 43.2 Å². The predicted molar refractivity (Wildman–Crippen MR) is 174 cm³/mol. The summed E-state index contributed by atoms with van der Waals surface area (Å²) in [6, 6.07) is 12.0. The van der Waals surface area contributed by atoms with Gasteiger partial charge in [0.1, 0.15) is 0 Å². The number of sulfonamides is 2. The standard InChI is InChI=1S/C32H40N4O6S2/c1-5-21-35(22-6-2)43(39,40)29-17-13-27(14-18-29)33-31(37)25-9-11-26(12-10-25)32(38)34-28-15-19-30(20-16-28)44(41,42)36(23-7-3)24-8-4/h5-8,13-20,25-26H,1-4,9-12,21-24H2,(H,33,37)(H,34,38). The van der Waals surface area contributed by atoms with E-state index in [-0.39, 0.29) is 59.6 Å². The molecule has 0 heterocycles. The average Bonchev–Trinajstić information content (AvgIpc) is 3.01. The molecule has 236 valence electrons. The molecule has 2 aromatic rings. The molecular formula is C32H40N4O6S2. The summed E-state index contributed by atoms with van der Waals surface area (Å²) in [6.07, 6.45) is 8.11. The number of nitrogens with zero attached hydrogens (tertiary/aromatic N) is 2. The molecule has 0 bridgehead atoms. The van der Waals surface area contributed by atoms with E-state index >= 15 is 0 Å². The molecule has 0 unspecified atom stereocenters. The Morgan fingerprint density at radius 3 is 1.11 bits per heavy atom. The highest BCUT2D eigenvalue weighted by Gasteiger charge is 2.30. The minimum Gasteiger partial charge on any atom is -0.326 e. The lowest BCUT2D eigenvalue weighted by Gasteiger charge is -2.27. The molecule has 1 saturated carbocycles. The maximum atomic E-state index is 12.9. The summed E-state index contributed by atoms with van der Waals surface area (Å²) < 4.78 is 54.1. The number of nitrogens with one attached hydrogen (secondary N) is 2. The zero-order chi connectivity index (χ0) is 32.3. The first-order valence-corrected chi connectivity index (χ1v) is 17.1. The third kappa shape index (κ3) is 8.63. The Morgan fingerprint density at radius 1 is 0.591 bits per heavy atom. The van der Waals surface area contributed by atoms with E-state index in [9.17, 15) is 26.4 Å². The summed E-state index contributed by atoms with van der Waals surface area (Å²) in [5.74, 6) is -0.926. The number of anilines is 2. The van der Waals surface area contributed by atoms with Crippen LogP contribution < -0.4 is 10.6 Å². The van der Waals surface area contributed by atoms with E-state index in [0.717, 1.165) is 0 Å². The first-order chi connectivity index (χ1) is 21.0. The molecule has 44 heavy (non-hydrogen) atoms. The van der Waals surface area contributed by atoms with E-state index in [4.69, 9.17) is 0 Å². The third-order valence-electron chi connectivity index (χ3n) is 7.32. The highest BCUT2D eigenvalue weighted by molar-refractivity contribution is 7.89. The molecule has 0 aromatic heterocycles. The van der Waals surface area contributed by atoms with Crippen molar-refractivity contribution in [1.82, 2.24) is 8.61 Å². The van der Waals surface area contributed by atoms with Gasteiger partial charge in [-0.1, -0.05) is 24.3 Å². The van der Waals surface area contributed by atoms with Gasteiger partial charge in [-0.15, -0.1) is 26.3 Å². The van der Waals surface area contributed by atoms with Gasteiger partial charge in [0.25, 0.3) is 0 Å². The smallest absolute Gasteiger partial charge is 0.243 e. The van der Waals surface area contributed by atoms with Crippen LogP contribution in [0.25, 0.3) is 0 Å². The Hall–Kier alpha value is -3.84. The zero-order valence-corrected chi connectivity index (χ0v) is 26.4. The van der Waals surface area contributed by atoms with Gasteiger partial charge in [-0.25, -0.2) is 16.8 Å². The fourth-order valence-corrected chi connectivity index (χ4v) is 7.71. The number of carbonyl (C=O) groups excluding carboxylic acids is 2. The summed E-state index contributed by atoms with van der Waals surface area (Å²) in [6.45, 7) is 15.0. The molecule has 0 atom stereocenters. The summed E-state index contributed by atoms with van der Waals surface area (Å²) in [5.41, 5.74) is 0.964. The van der Waals surface area contributed by atoms with E-state index in [2.05, 4.69) is 36.9 Å². The minimum atomic E-state index is -3.74. The molecule has 1 aliphatic carbocycles. The Balaban J connectivity index is 1.53. The van der Waals surface area contributed by atoms with Crippen molar-refractivity contribution in [2.24, 2.45) is 11.8 Å². The van der Waals surface area contributed by atoms with Gasteiger partial charge in [0.2, 0.25) is 31.9 Å². The lowest BCUT2D eigenvalue weighted by Crippen LogP contribution is -2.32. The molecule has 2 amide bonds. The van der Waals surface area contributed by atoms with Gasteiger partial charge in [-0.2, -0.15) is 8.61 Å². The molecule has 2 aromatic carbocycles. The normalized spacial score (nSPS) is 17.0. The number of benzene rings is 2. The van der Waals surface area contributed by atoms with Crippen molar-refractivity contribution in [2.75, 3.05) is 36.8 Å². The number of hydrogen-bond acceptors (Lipinski definition) is 6. The molecule has 3 rings (SSSR count). The first-order valence-electron chi connectivity index (χ1n) is 14.2. The molecular weight excluding hydrogens is 601 g/mol. The summed E-state index contributed by atoms with van der Waals surface area (Å²) in [7, 11) is -7.48. The highest BCUT2D eigenvalue weighted by atomic mass is 32.2. The molecule has 0 radical (unpaired) electrons. The van der Waals surface area contributed by atoms with Crippen LogP contribution in [0.15, 0.2) is 109 Å². The van der Waals surface area contributed by atoms with Crippen LogP contribution in [0.1, 0.15) is 25.7 Å². The second-order valence-electron chi connectivity index (χ2n) is 10.4. The maximum Gasteiger partial charge on any atom is 0.243 e. The van der Waals surface area contributed by atoms with Crippen LogP contribution in [-0.2, 0) is 29.6 Å².